The summed E-state index contributed by atoms with van der Waals surface area (Å²) in [4.78, 5) is 13.8. The normalized spacial score (nSPS) is 11.4. The van der Waals surface area contributed by atoms with Crippen LogP contribution in [0.4, 0.5) is 0 Å². The van der Waals surface area contributed by atoms with Gasteiger partial charge in [0.05, 0.1) is 0 Å². The predicted molar refractivity (Wildman–Crippen MR) is 83.0 cm³/mol. The van der Waals surface area contributed by atoms with Crippen LogP contribution in [0.1, 0.15) is 32.8 Å². The molecule has 3 nitrogen and oxygen atoms in total. The fourth-order valence-electron chi connectivity index (χ4n) is 1.71. The van der Waals surface area contributed by atoms with Crippen molar-refractivity contribution >= 4 is 21.8 Å². The van der Waals surface area contributed by atoms with Crippen molar-refractivity contribution in [2.45, 2.75) is 39.3 Å². The van der Waals surface area contributed by atoms with Gasteiger partial charge in [-0.15, -0.1) is 0 Å². The third-order valence-electron chi connectivity index (χ3n) is 2.79. The molecule has 1 amide bonds. The molecule has 0 saturated heterocycles. The van der Waals surface area contributed by atoms with Crippen LogP contribution < -0.4 is 5.32 Å². The molecular formula is C15H23BrN2O. The molecule has 0 aliphatic rings. The Kier molecular flexibility index (Phi) is 6.01. The van der Waals surface area contributed by atoms with E-state index in [1.807, 2.05) is 31.3 Å². The number of hydrogen-bond acceptors (Lipinski definition) is 2. The van der Waals surface area contributed by atoms with Gasteiger partial charge >= 0.3 is 0 Å². The summed E-state index contributed by atoms with van der Waals surface area (Å²) in [5.74, 6) is 0.160. The SMILES string of the molecule is CN(Cc1ccccc1Br)C(=O)CCNC(C)(C)C. The van der Waals surface area contributed by atoms with Gasteiger partial charge in [0.25, 0.3) is 0 Å². The van der Waals surface area contributed by atoms with Crippen molar-refractivity contribution in [3.05, 3.63) is 34.3 Å². The van der Waals surface area contributed by atoms with Crippen LogP contribution in [0.25, 0.3) is 0 Å². The summed E-state index contributed by atoms with van der Waals surface area (Å²) in [6.45, 7) is 7.64. The van der Waals surface area contributed by atoms with Gasteiger partial charge in [-0.2, -0.15) is 0 Å². The molecule has 4 heteroatoms. The zero-order chi connectivity index (χ0) is 14.5. The molecule has 0 atom stereocenters. The Morgan fingerprint density at radius 1 is 1.32 bits per heavy atom. The molecule has 1 aromatic rings. The van der Waals surface area contributed by atoms with Gasteiger partial charge in [0.15, 0.2) is 0 Å². The highest BCUT2D eigenvalue weighted by Crippen LogP contribution is 2.17. The van der Waals surface area contributed by atoms with E-state index >= 15 is 0 Å². The second-order valence-corrected chi connectivity index (χ2v) is 6.62. The molecule has 0 fully saturated rings. The van der Waals surface area contributed by atoms with Crippen LogP contribution in [0.3, 0.4) is 0 Å². The van der Waals surface area contributed by atoms with Crippen molar-refractivity contribution in [2.75, 3.05) is 13.6 Å². The summed E-state index contributed by atoms with van der Waals surface area (Å²) in [5, 5.41) is 3.33. The smallest absolute Gasteiger partial charge is 0.223 e. The van der Waals surface area contributed by atoms with Gasteiger partial charge < -0.3 is 10.2 Å². The molecule has 0 bridgehead atoms. The summed E-state index contributed by atoms with van der Waals surface area (Å²) in [5.41, 5.74) is 1.18. The number of carbonyl (C=O) groups excluding carboxylic acids is 1. The number of nitrogens with zero attached hydrogens (tertiary/aromatic N) is 1. The van der Waals surface area contributed by atoms with Gasteiger partial charge in [-0.05, 0) is 32.4 Å². The molecule has 19 heavy (non-hydrogen) atoms. The van der Waals surface area contributed by atoms with Gasteiger partial charge in [0, 0.05) is 36.6 Å². The standard InChI is InChI=1S/C15H23BrN2O/c1-15(2,3)17-10-9-14(19)18(4)11-12-7-5-6-8-13(12)16/h5-8,17H,9-11H2,1-4H3. The third-order valence-corrected chi connectivity index (χ3v) is 3.56. The van der Waals surface area contributed by atoms with Crippen molar-refractivity contribution in [1.82, 2.24) is 10.2 Å². The minimum atomic E-state index is 0.0569. The summed E-state index contributed by atoms with van der Waals surface area (Å²) < 4.78 is 1.04. The van der Waals surface area contributed by atoms with E-state index in [1.54, 1.807) is 4.90 Å². The van der Waals surface area contributed by atoms with E-state index in [2.05, 4.69) is 42.0 Å². The molecule has 1 N–H and O–H groups in total. The Labute approximate surface area is 124 Å². The lowest BCUT2D eigenvalue weighted by Gasteiger charge is -2.22. The number of halogens is 1. The first-order valence-electron chi connectivity index (χ1n) is 6.52. The highest BCUT2D eigenvalue weighted by Gasteiger charge is 2.13. The van der Waals surface area contributed by atoms with Crippen molar-refractivity contribution in [3.8, 4) is 0 Å². The summed E-state index contributed by atoms with van der Waals surface area (Å²) in [7, 11) is 1.85. The van der Waals surface area contributed by atoms with E-state index in [0.29, 0.717) is 19.5 Å². The lowest BCUT2D eigenvalue weighted by atomic mass is 10.1. The maximum absolute atomic E-state index is 12.0. The fraction of sp³-hybridized carbons (Fsp3) is 0.533. The van der Waals surface area contributed by atoms with E-state index in [1.165, 1.54) is 0 Å². The maximum atomic E-state index is 12.0. The molecule has 0 aliphatic carbocycles. The topological polar surface area (TPSA) is 32.3 Å². The van der Waals surface area contributed by atoms with Gasteiger partial charge in [0.2, 0.25) is 5.91 Å². The van der Waals surface area contributed by atoms with Crippen molar-refractivity contribution in [3.63, 3.8) is 0 Å². The van der Waals surface area contributed by atoms with Crippen LogP contribution in [0.2, 0.25) is 0 Å². The van der Waals surface area contributed by atoms with Gasteiger partial charge in [-0.1, -0.05) is 34.1 Å². The largest absolute Gasteiger partial charge is 0.341 e. The summed E-state index contributed by atoms with van der Waals surface area (Å²) >= 11 is 3.50. The molecule has 1 rings (SSSR count). The Morgan fingerprint density at radius 3 is 2.53 bits per heavy atom. The molecule has 1 aromatic carbocycles. The number of carbonyl (C=O) groups is 1. The third kappa shape index (κ3) is 6.21. The molecule has 0 radical (unpaired) electrons. The van der Waals surface area contributed by atoms with Crippen LogP contribution in [0.15, 0.2) is 28.7 Å². The first-order valence-corrected chi connectivity index (χ1v) is 7.31. The minimum Gasteiger partial charge on any atom is -0.341 e. The second-order valence-electron chi connectivity index (χ2n) is 5.77. The van der Waals surface area contributed by atoms with Crippen LogP contribution in [-0.4, -0.2) is 29.9 Å². The van der Waals surface area contributed by atoms with E-state index in [-0.39, 0.29) is 11.4 Å². The van der Waals surface area contributed by atoms with Crippen molar-refractivity contribution in [1.29, 1.82) is 0 Å². The van der Waals surface area contributed by atoms with E-state index in [9.17, 15) is 4.79 Å². The lowest BCUT2D eigenvalue weighted by Crippen LogP contribution is -2.38. The van der Waals surface area contributed by atoms with Crippen LogP contribution in [0, 0.1) is 0 Å². The maximum Gasteiger partial charge on any atom is 0.223 e. The van der Waals surface area contributed by atoms with Gasteiger partial charge in [-0.3, -0.25) is 4.79 Å². The highest BCUT2D eigenvalue weighted by molar-refractivity contribution is 9.10. The van der Waals surface area contributed by atoms with E-state index in [4.69, 9.17) is 0 Å². The lowest BCUT2D eigenvalue weighted by molar-refractivity contribution is -0.130. The first-order chi connectivity index (χ1) is 8.79. The zero-order valence-electron chi connectivity index (χ0n) is 12.2. The average molecular weight is 327 g/mol. The van der Waals surface area contributed by atoms with Crippen LogP contribution >= 0.6 is 15.9 Å². The Bertz CT molecular complexity index is 426. The fourth-order valence-corrected chi connectivity index (χ4v) is 2.12. The van der Waals surface area contributed by atoms with Crippen molar-refractivity contribution < 1.29 is 4.79 Å². The van der Waals surface area contributed by atoms with Gasteiger partial charge in [-0.25, -0.2) is 0 Å². The quantitative estimate of drug-likeness (QED) is 0.901. The highest BCUT2D eigenvalue weighted by atomic mass is 79.9. The summed E-state index contributed by atoms with van der Waals surface area (Å²) in [6, 6.07) is 7.98. The minimum absolute atomic E-state index is 0.0569. The summed E-state index contributed by atoms with van der Waals surface area (Å²) in [6.07, 6.45) is 0.526. The second kappa shape index (κ2) is 7.06. The number of amides is 1. The molecule has 0 saturated carbocycles. The number of benzene rings is 1. The molecule has 106 valence electrons. The van der Waals surface area contributed by atoms with Crippen molar-refractivity contribution in [2.24, 2.45) is 0 Å². The predicted octanol–water partition coefficient (Wildman–Crippen LogP) is 3.19. The average Bonchev–Trinajstić information content (AvgIpc) is 2.30. The van der Waals surface area contributed by atoms with Gasteiger partial charge in [0.1, 0.15) is 0 Å². The molecule has 0 aliphatic heterocycles. The number of nitrogens with one attached hydrogen (secondary N) is 1. The first kappa shape index (κ1) is 16.2. The molecule has 0 spiro atoms. The van der Waals surface area contributed by atoms with Crippen LogP contribution in [0.5, 0.6) is 0 Å². The van der Waals surface area contributed by atoms with Crippen LogP contribution in [-0.2, 0) is 11.3 Å². The van der Waals surface area contributed by atoms with E-state index < -0.39 is 0 Å². The Morgan fingerprint density at radius 2 is 1.95 bits per heavy atom. The zero-order valence-corrected chi connectivity index (χ0v) is 13.8. The molecular weight excluding hydrogens is 304 g/mol. The molecule has 0 heterocycles. The number of hydrogen-bond donors (Lipinski definition) is 1. The molecule has 0 aromatic heterocycles. The monoisotopic (exact) mass is 326 g/mol. The molecule has 0 unspecified atom stereocenters. The number of rotatable bonds is 5. The Hall–Kier alpha value is -0.870. The van der Waals surface area contributed by atoms with E-state index in [0.717, 1.165) is 10.0 Å². The Balaban J connectivity index is 2.43.